The number of benzene rings is 3. The lowest BCUT2D eigenvalue weighted by Gasteiger charge is -2.09. The van der Waals surface area contributed by atoms with Crippen LogP contribution in [0.4, 0.5) is 0 Å². The highest BCUT2D eigenvalue weighted by Gasteiger charge is 2.15. The average molecular weight is 487 g/mol. The third-order valence-electron chi connectivity index (χ3n) is 6.48. The quantitative estimate of drug-likeness (QED) is 0.283. The smallest absolute Gasteiger partial charge is 0.336 e. The van der Waals surface area contributed by atoms with Crippen molar-refractivity contribution in [2.45, 2.75) is 0 Å². The molecule has 0 saturated heterocycles. The summed E-state index contributed by atoms with van der Waals surface area (Å²) in [6.45, 7) is 0. The number of nitrogens with one attached hydrogen (secondary N) is 1. The number of ether oxygens (including phenoxy) is 1. The number of carbonyl (C=O) groups is 1. The van der Waals surface area contributed by atoms with E-state index in [0.717, 1.165) is 50.6 Å². The fourth-order valence-corrected chi connectivity index (χ4v) is 4.58. The summed E-state index contributed by atoms with van der Waals surface area (Å²) in [6.07, 6.45) is 5.74. The second-order valence-electron chi connectivity index (χ2n) is 8.60. The normalized spacial score (nSPS) is 11.1. The molecule has 3 aromatic carbocycles. The number of aromatic carboxylic acids is 1. The third kappa shape index (κ3) is 4.02. The van der Waals surface area contributed by atoms with Gasteiger partial charge in [0.05, 0.1) is 36.5 Å². The second kappa shape index (κ2) is 9.13. The Labute approximate surface area is 212 Å². The first-order chi connectivity index (χ1) is 18.1. The van der Waals surface area contributed by atoms with Crippen molar-refractivity contribution in [3.63, 3.8) is 0 Å². The Balaban J connectivity index is 1.37. The number of carboxylic acid groups (broad SMARTS) is 1. The van der Waals surface area contributed by atoms with E-state index in [1.54, 1.807) is 19.2 Å². The van der Waals surface area contributed by atoms with Gasteiger partial charge in [0.25, 0.3) is 0 Å². The number of rotatable bonds is 6. The number of hydrogen-bond donors (Lipinski definition) is 2. The standard InChI is InChI=1S/C30H22N4O3/c1-37-23-13-10-20(11-14-23)27-17-31-28-15-12-22(18-34(27)28)26-16-32-33-29(26)21-8-6-19(7-9-21)24-4-2-3-5-25(24)30(35)36/h2-18H,1H3,(H,32,33)(H,35,36). The van der Waals surface area contributed by atoms with Gasteiger partial charge in [0, 0.05) is 28.5 Å². The summed E-state index contributed by atoms with van der Waals surface area (Å²) >= 11 is 0. The lowest BCUT2D eigenvalue weighted by atomic mass is 9.97. The molecule has 0 aliphatic carbocycles. The molecule has 0 unspecified atom stereocenters. The number of H-pyrrole nitrogens is 1. The van der Waals surface area contributed by atoms with Gasteiger partial charge >= 0.3 is 5.97 Å². The summed E-state index contributed by atoms with van der Waals surface area (Å²) in [5.74, 6) is -0.141. The number of nitrogens with zero attached hydrogens (tertiary/aromatic N) is 3. The van der Waals surface area contributed by atoms with Crippen molar-refractivity contribution in [1.29, 1.82) is 0 Å². The Morgan fingerprint density at radius 2 is 1.51 bits per heavy atom. The second-order valence-corrected chi connectivity index (χ2v) is 8.60. The summed E-state index contributed by atoms with van der Waals surface area (Å²) in [7, 11) is 1.65. The molecule has 0 amide bonds. The van der Waals surface area contributed by atoms with E-state index >= 15 is 0 Å². The molecule has 37 heavy (non-hydrogen) atoms. The number of aromatic nitrogens is 4. The van der Waals surface area contributed by atoms with Gasteiger partial charge in [-0.05, 0) is 53.6 Å². The van der Waals surface area contributed by atoms with Crippen molar-refractivity contribution in [1.82, 2.24) is 19.6 Å². The topological polar surface area (TPSA) is 92.5 Å². The van der Waals surface area contributed by atoms with Crippen LogP contribution in [0.25, 0.3) is 50.4 Å². The first-order valence-electron chi connectivity index (χ1n) is 11.7. The van der Waals surface area contributed by atoms with Crippen LogP contribution in [0.5, 0.6) is 5.75 Å². The van der Waals surface area contributed by atoms with Crippen LogP contribution in [0.2, 0.25) is 0 Å². The van der Waals surface area contributed by atoms with E-state index in [1.807, 2.05) is 85.2 Å². The number of methoxy groups -OCH3 is 1. The van der Waals surface area contributed by atoms with E-state index < -0.39 is 5.97 Å². The van der Waals surface area contributed by atoms with Gasteiger partial charge in [0.15, 0.2) is 0 Å². The van der Waals surface area contributed by atoms with E-state index in [4.69, 9.17) is 4.74 Å². The molecule has 7 heteroatoms. The predicted molar refractivity (Wildman–Crippen MR) is 143 cm³/mol. The lowest BCUT2D eigenvalue weighted by Crippen LogP contribution is -1.98. The van der Waals surface area contributed by atoms with Gasteiger partial charge in [-0.2, -0.15) is 5.10 Å². The molecule has 180 valence electrons. The predicted octanol–water partition coefficient (Wildman–Crippen LogP) is 6.43. The SMILES string of the molecule is COc1ccc(-c2cnc3ccc(-c4cn[nH]c4-c4ccc(-c5ccccc5C(=O)O)cc4)cn23)cc1. The number of aromatic amines is 1. The van der Waals surface area contributed by atoms with Crippen LogP contribution in [0.3, 0.4) is 0 Å². The maximum atomic E-state index is 11.6. The highest BCUT2D eigenvalue weighted by atomic mass is 16.5. The maximum absolute atomic E-state index is 11.6. The van der Waals surface area contributed by atoms with Crippen LogP contribution in [0.15, 0.2) is 104 Å². The van der Waals surface area contributed by atoms with Gasteiger partial charge < -0.3 is 9.84 Å². The average Bonchev–Trinajstić information content (AvgIpc) is 3.60. The summed E-state index contributed by atoms with van der Waals surface area (Å²) in [6, 6.07) is 26.8. The molecular weight excluding hydrogens is 464 g/mol. The van der Waals surface area contributed by atoms with E-state index in [-0.39, 0.29) is 5.56 Å². The minimum atomic E-state index is -0.945. The lowest BCUT2D eigenvalue weighted by molar-refractivity contribution is 0.0697. The van der Waals surface area contributed by atoms with Gasteiger partial charge in [0.2, 0.25) is 0 Å². The zero-order chi connectivity index (χ0) is 25.4. The van der Waals surface area contributed by atoms with Crippen molar-refractivity contribution in [2.75, 3.05) is 7.11 Å². The van der Waals surface area contributed by atoms with Crippen LogP contribution in [0.1, 0.15) is 10.4 Å². The Kier molecular flexibility index (Phi) is 5.50. The number of hydrogen-bond acceptors (Lipinski definition) is 4. The van der Waals surface area contributed by atoms with Crippen molar-refractivity contribution in [3.05, 3.63) is 109 Å². The molecule has 6 rings (SSSR count). The first-order valence-corrected chi connectivity index (χ1v) is 11.7. The Bertz CT molecular complexity index is 1730. The molecule has 0 spiro atoms. The Morgan fingerprint density at radius 3 is 2.27 bits per heavy atom. The largest absolute Gasteiger partial charge is 0.497 e. The van der Waals surface area contributed by atoms with Crippen LogP contribution >= 0.6 is 0 Å². The highest BCUT2D eigenvalue weighted by molar-refractivity contribution is 5.96. The zero-order valence-electron chi connectivity index (χ0n) is 19.9. The summed E-state index contributed by atoms with van der Waals surface area (Å²) in [4.78, 5) is 16.2. The molecule has 3 heterocycles. The molecule has 0 radical (unpaired) electrons. The van der Waals surface area contributed by atoms with Crippen molar-refractivity contribution >= 4 is 11.6 Å². The molecule has 0 aliphatic heterocycles. The maximum Gasteiger partial charge on any atom is 0.336 e. The fraction of sp³-hybridized carbons (Fsp3) is 0.0333. The molecule has 2 N–H and O–H groups in total. The minimum absolute atomic E-state index is 0.277. The molecule has 0 aliphatic rings. The number of pyridine rings is 1. The van der Waals surface area contributed by atoms with Crippen molar-refractivity contribution in [2.24, 2.45) is 0 Å². The van der Waals surface area contributed by atoms with E-state index in [0.29, 0.717) is 5.56 Å². The molecule has 6 aromatic rings. The minimum Gasteiger partial charge on any atom is -0.497 e. The van der Waals surface area contributed by atoms with Gasteiger partial charge in [-0.1, -0.05) is 42.5 Å². The van der Waals surface area contributed by atoms with Gasteiger partial charge in [-0.3, -0.25) is 9.50 Å². The first kappa shape index (κ1) is 22.3. The Morgan fingerprint density at radius 1 is 0.811 bits per heavy atom. The van der Waals surface area contributed by atoms with Gasteiger partial charge in [-0.25, -0.2) is 9.78 Å². The molecular formula is C30H22N4O3. The third-order valence-corrected chi connectivity index (χ3v) is 6.48. The van der Waals surface area contributed by atoms with Gasteiger partial charge in [-0.15, -0.1) is 0 Å². The van der Waals surface area contributed by atoms with Crippen LogP contribution in [0, 0.1) is 0 Å². The summed E-state index contributed by atoms with van der Waals surface area (Å²) < 4.78 is 7.36. The molecule has 0 bridgehead atoms. The molecule has 3 aromatic heterocycles. The zero-order valence-corrected chi connectivity index (χ0v) is 19.9. The summed E-state index contributed by atoms with van der Waals surface area (Å²) in [5.41, 5.74) is 8.43. The van der Waals surface area contributed by atoms with Crippen LogP contribution in [-0.2, 0) is 0 Å². The fourth-order valence-electron chi connectivity index (χ4n) is 4.58. The number of carboxylic acids is 1. The van der Waals surface area contributed by atoms with Crippen LogP contribution < -0.4 is 4.74 Å². The highest BCUT2D eigenvalue weighted by Crippen LogP contribution is 2.33. The van der Waals surface area contributed by atoms with E-state index in [2.05, 4.69) is 25.8 Å². The van der Waals surface area contributed by atoms with E-state index in [1.165, 1.54) is 0 Å². The molecule has 0 saturated carbocycles. The Hall–Kier alpha value is -5.17. The van der Waals surface area contributed by atoms with Crippen LogP contribution in [-0.4, -0.2) is 37.8 Å². The number of fused-ring (bicyclic) bond motifs is 1. The van der Waals surface area contributed by atoms with E-state index in [9.17, 15) is 9.90 Å². The molecule has 0 atom stereocenters. The monoisotopic (exact) mass is 486 g/mol. The summed E-state index contributed by atoms with van der Waals surface area (Å²) in [5, 5.41) is 17.0. The van der Waals surface area contributed by atoms with Gasteiger partial charge in [0.1, 0.15) is 11.4 Å². The van der Waals surface area contributed by atoms with Crippen molar-refractivity contribution in [3.8, 4) is 50.5 Å². The number of imidazole rings is 1. The molecule has 0 fully saturated rings. The van der Waals surface area contributed by atoms with Crippen molar-refractivity contribution < 1.29 is 14.6 Å². The molecule has 7 nitrogen and oxygen atoms in total.